The zero-order chi connectivity index (χ0) is 20.6. The molecule has 2 aromatic carbocycles. The van der Waals surface area contributed by atoms with Crippen LogP contribution in [-0.2, 0) is 15.1 Å². The lowest BCUT2D eigenvalue weighted by atomic mass is 9.76. The Morgan fingerprint density at radius 1 is 1.07 bits per heavy atom. The number of amides is 2. The number of carbonyl (C=O) groups is 2. The number of nitrogens with zero attached hydrogens (tertiary/aromatic N) is 2. The van der Waals surface area contributed by atoms with Gasteiger partial charge in [-0.15, -0.1) is 0 Å². The minimum absolute atomic E-state index is 0.0153. The van der Waals surface area contributed by atoms with E-state index >= 15 is 0 Å². The van der Waals surface area contributed by atoms with Crippen molar-refractivity contribution in [1.29, 1.82) is 0 Å². The maximum absolute atomic E-state index is 13.7. The summed E-state index contributed by atoms with van der Waals surface area (Å²) in [7, 11) is 0. The van der Waals surface area contributed by atoms with E-state index in [1.165, 1.54) is 0 Å². The number of nitrogens with one attached hydrogen (secondary N) is 1. The minimum Gasteiger partial charge on any atom is -0.356 e. The summed E-state index contributed by atoms with van der Waals surface area (Å²) in [5.74, 6) is 0.101. The third-order valence-corrected chi connectivity index (χ3v) is 7.56. The Hall–Kier alpha value is -2.60. The number of carbonyl (C=O) groups excluding carboxylic acids is 2. The first-order valence-electron chi connectivity index (χ1n) is 10.5. The van der Waals surface area contributed by atoms with E-state index in [-0.39, 0.29) is 30.3 Å². The van der Waals surface area contributed by atoms with E-state index in [4.69, 9.17) is 0 Å². The molecule has 2 aliphatic heterocycles. The number of aromatic nitrogens is 1. The van der Waals surface area contributed by atoms with Gasteiger partial charge in [0, 0.05) is 33.9 Å². The summed E-state index contributed by atoms with van der Waals surface area (Å²) < 4.78 is 1.02. The van der Waals surface area contributed by atoms with Gasteiger partial charge in [-0.1, -0.05) is 46.3 Å². The van der Waals surface area contributed by atoms with Crippen molar-refractivity contribution in [3.63, 3.8) is 0 Å². The van der Waals surface area contributed by atoms with Crippen LogP contribution in [0.1, 0.15) is 42.5 Å². The summed E-state index contributed by atoms with van der Waals surface area (Å²) in [6.07, 6.45) is 1.99. The molecule has 0 radical (unpaired) electrons. The zero-order valence-electron chi connectivity index (χ0n) is 16.7. The van der Waals surface area contributed by atoms with Crippen LogP contribution < -0.4 is 0 Å². The molecule has 2 fully saturated rings. The van der Waals surface area contributed by atoms with Gasteiger partial charge in [0.15, 0.2) is 5.54 Å². The van der Waals surface area contributed by atoms with Crippen LogP contribution in [0.15, 0.2) is 53.0 Å². The van der Waals surface area contributed by atoms with Crippen molar-refractivity contribution in [3.8, 4) is 0 Å². The molecule has 1 saturated heterocycles. The Bertz CT molecular complexity index is 1200. The molecular weight excluding hydrogens is 442 g/mol. The van der Waals surface area contributed by atoms with Crippen molar-refractivity contribution in [2.24, 2.45) is 0 Å². The van der Waals surface area contributed by atoms with Crippen LogP contribution in [0.25, 0.3) is 10.9 Å². The summed E-state index contributed by atoms with van der Waals surface area (Å²) in [5.41, 5.74) is 3.18. The van der Waals surface area contributed by atoms with E-state index in [0.717, 1.165) is 45.0 Å². The first-order valence-corrected chi connectivity index (χ1v) is 11.3. The number of fused-ring (bicyclic) bond motifs is 5. The van der Waals surface area contributed by atoms with E-state index < -0.39 is 5.54 Å². The molecule has 3 aromatic rings. The van der Waals surface area contributed by atoms with Gasteiger partial charge in [0.05, 0.1) is 5.69 Å². The highest BCUT2D eigenvalue weighted by molar-refractivity contribution is 9.10. The molecule has 152 valence electrons. The van der Waals surface area contributed by atoms with Crippen molar-refractivity contribution in [2.45, 2.75) is 37.3 Å². The summed E-state index contributed by atoms with van der Waals surface area (Å²) >= 11 is 3.52. The molecule has 0 bridgehead atoms. The van der Waals surface area contributed by atoms with Crippen molar-refractivity contribution in [1.82, 2.24) is 14.8 Å². The fraction of sp³-hybridized carbons (Fsp3) is 0.333. The number of para-hydroxylation sites is 1. The average Bonchev–Trinajstić information content (AvgIpc) is 3.51. The molecule has 3 aliphatic rings. The number of piperazine rings is 1. The van der Waals surface area contributed by atoms with Crippen LogP contribution in [0.3, 0.4) is 0 Å². The Kier molecular flexibility index (Phi) is 3.76. The lowest BCUT2D eigenvalue weighted by molar-refractivity contribution is -0.166. The average molecular weight is 464 g/mol. The molecule has 2 amide bonds. The van der Waals surface area contributed by atoms with Gasteiger partial charge in [-0.05, 0) is 49.1 Å². The third-order valence-electron chi connectivity index (χ3n) is 7.03. The highest BCUT2D eigenvalue weighted by Crippen LogP contribution is 2.49. The molecule has 1 aliphatic carbocycles. The number of hydrogen-bond donors (Lipinski definition) is 1. The molecule has 6 heteroatoms. The van der Waals surface area contributed by atoms with Crippen LogP contribution in [0.4, 0.5) is 0 Å². The van der Waals surface area contributed by atoms with Crippen LogP contribution in [0.2, 0.25) is 0 Å². The fourth-order valence-electron chi connectivity index (χ4n) is 5.31. The molecule has 6 rings (SSSR count). The van der Waals surface area contributed by atoms with E-state index in [9.17, 15) is 9.59 Å². The third kappa shape index (κ3) is 2.40. The molecule has 1 aromatic heterocycles. The highest BCUT2D eigenvalue weighted by atomic mass is 79.9. The fourth-order valence-corrected chi connectivity index (χ4v) is 5.57. The van der Waals surface area contributed by atoms with Crippen molar-refractivity contribution < 1.29 is 9.59 Å². The van der Waals surface area contributed by atoms with E-state index in [2.05, 4.69) is 39.1 Å². The van der Waals surface area contributed by atoms with E-state index in [1.54, 1.807) is 0 Å². The Labute approximate surface area is 183 Å². The smallest absolute Gasteiger partial charge is 0.255 e. The van der Waals surface area contributed by atoms with Gasteiger partial charge in [0.25, 0.3) is 5.91 Å². The topological polar surface area (TPSA) is 56.4 Å². The van der Waals surface area contributed by atoms with Gasteiger partial charge in [0.2, 0.25) is 5.91 Å². The Morgan fingerprint density at radius 2 is 1.80 bits per heavy atom. The van der Waals surface area contributed by atoms with Gasteiger partial charge >= 0.3 is 0 Å². The normalized spacial score (nSPS) is 26.1. The summed E-state index contributed by atoms with van der Waals surface area (Å²) in [5, 5.41) is 1.13. The summed E-state index contributed by atoms with van der Waals surface area (Å²) in [6, 6.07) is 16.7. The number of benzene rings is 2. The summed E-state index contributed by atoms with van der Waals surface area (Å²) in [4.78, 5) is 34.2. The number of H-pyrrole nitrogens is 1. The molecular formula is C24H22BrN3O2. The first-order chi connectivity index (χ1) is 14.5. The molecule has 2 atom stereocenters. The maximum Gasteiger partial charge on any atom is 0.255 e. The van der Waals surface area contributed by atoms with Crippen molar-refractivity contribution in [2.75, 3.05) is 13.1 Å². The number of hydrogen-bond acceptors (Lipinski definition) is 2. The predicted molar refractivity (Wildman–Crippen MR) is 118 cm³/mol. The van der Waals surface area contributed by atoms with Gasteiger partial charge in [0.1, 0.15) is 6.54 Å². The quantitative estimate of drug-likeness (QED) is 0.621. The molecule has 1 N–H and O–H groups in total. The molecule has 0 spiro atoms. The van der Waals surface area contributed by atoms with Crippen molar-refractivity contribution >= 4 is 38.6 Å². The second-order valence-corrected chi connectivity index (χ2v) is 9.72. The molecule has 3 heterocycles. The first kappa shape index (κ1) is 18.2. The van der Waals surface area contributed by atoms with Crippen LogP contribution in [-0.4, -0.2) is 45.7 Å². The van der Waals surface area contributed by atoms with Gasteiger partial charge < -0.3 is 14.8 Å². The standard InChI is InChI=1S/C24H22BrN3O2/c1-24-22-21(17-4-2-3-5-19(17)26-22)18(14-6-8-15(25)9-7-14)12-28(24)20(29)13-27(23(24)30)16-10-11-16/h2-9,16,18,26H,10-13H2,1H3. The lowest BCUT2D eigenvalue weighted by Crippen LogP contribution is -2.67. The van der Waals surface area contributed by atoms with Crippen molar-refractivity contribution in [3.05, 3.63) is 69.8 Å². The number of aromatic amines is 1. The van der Waals surface area contributed by atoms with Gasteiger partial charge in [-0.3, -0.25) is 9.59 Å². The monoisotopic (exact) mass is 463 g/mol. The molecule has 2 unspecified atom stereocenters. The van der Waals surface area contributed by atoms with E-state index in [0.29, 0.717) is 6.54 Å². The number of halogens is 1. The Morgan fingerprint density at radius 3 is 2.53 bits per heavy atom. The zero-order valence-corrected chi connectivity index (χ0v) is 18.3. The second-order valence-electron chi connectivity index (χ2n) is 8.80. The van der Waals surface area contributed by atoms with Crippen LogP contribution in [0.5, 0.6) is 0 Å². The molecule has 1 saturated carbocycles. The molecule has 5 nitrogen and oxygen atoms in total. The summed E-state index contributed by atoms with van der Waals surface area (Å²) in [6.45, 7) is 2.63. The lowest BCUT2D eigenvalue weighted by Gasteiger charge is -2.51. The largest absolute Gasteiger partial charge is 0.356 e. The maximum atomic E-state index is 13.7. The predicted octanol–water partition coefficient (Wildman–Crippen LogP) is 4.12. The van der Waals surface area contributed by atoms with Crippen LogP contribution >= 0.6 is 15.9 Å². The van der Waals surface area contributed by atoms with Gasteiger partial charge in [-0.2, -0.15) is 0 Å². The highest BCUT2D eigenvalue weighted by Gasteiger charge is 2.58. The molecule has 30 heavy (non-hydrogen) atoms. The van der Waals surface area contributed by atoms with E-state index in [1.807, 2.05) is 47.1 Å². The minimum atomic E-state index is -0.988. The number of rotatable bonds is 2. The Balaban J connectivity index is 1.60. The van der Waals surface area contributed by atoms with Gasteiger partial charge in [-0.25, -0.2) is 0 Å². The SMILES string of the molecule is CC12C(=O)N(C3CC3)CC(=O)N1CC(c1ccc(Br)cc1)c1c2[nH]c2ccccc12. The van der Waals surface area contributed by atoms with Crippen LogP contribution in [0, 0.1) is 0 Å². The second kappa shape index (κ2) is 6.20.